The molecular weight excluding hydrogens is 188 g/mol. The van der Waals surface area contributed by atoms with E-state index in [0.29, 0.717) is 12.7 Å². The fourth-order valence-corrected chi connectivity index (χ4v) is 1.74. The van der Waals surface area contributed by atoms with Crippen LogP contribution in [0.5, 0.6) is 0 Å². The van der Waals surface area contributed by atoms with E-state index in [4.69, 9.17) is 0 Å². The molecule has 15 heavy (non-hydrogen) atoms. The van der Waals surface area contributed by atoms with Gasteiger partial charge in [0.15, 0.2) is 0 Å². The first-order valence-electron chi connectivity index (χ1n) is 4.91. The van der Waals surface area contributed by atoms with Gasteiger partial charge in [-0.15, -0.1) is 0 Å². The van der Waals surface area contributed by atoms with Crippen LogP contribution in [0.25, 0.3) is 10.8 Å². The Morgan fingerprint density at radius 2 is 1.87 bits per heavy atom. The van der Waals surface area contributed by atoms with Crippen LogP contribution in [0.2, 0.25) is 0 Å². The Labute approximate surface area is 88.2 Å². The first-order chi connectivity index (χ1) is 7.31. The Bertz CT molecular complexity index is 471. The minimum absolute atomic E-state index is 0.380. The summed E-state index contributed by atoms with van der Waals surface area (Å²) >= 11 is 0. The average molecular weight is 200 g/mol. The van der Waals surface area contributed by atoms with Crippen LogP contribution in [0, 0.1) is 0 Å². The number of aliphatic hydroxyl groups is 1. The molecule has 0 saturated carbocycles. The van der Waals surface area contributed by atoms with Gasteiger partial charge in [-0.1, -0.05) is 42.5 Å². The lowest BCUT2D eigenvalue weighted by Crippen LogP contribution is -2.11. The van der Waals surface area contributed by atoms with E-state index in [-0.39, 0.29) is 0 Å². The van der Waals surface area contributed by atoms with Gasteiger partial charge in [-0.25, -0.2) is 0 Å². The van der Waals surface area contributed by atoms with Gasteiger partial charge in [-0.3, -0.25) is 0 Å². The Kier molecular flexibility index (Phi) is 2.79. The largest absolute Gasteiger partial charge is 0.385 e. The Hall–Kier alpha value is -1.67. The maximum atomic E-state index is 10.4. The van der Waals surface area contributed by atoms with Gasteiger partial charge in [0.2, 0.25) is 0 Å². The molecule has 1 N–H and O–H groups in total. The molecule has 0 amide bonds. The number of benzene rings is 2. The summed E-state index contributed by atoms with van der Waals surface area (Å²) < 4.78 is 0. The zero-order valence-electron chi connectivity index (χ0n) is 8.26. The van der Waals surface area contributed by atoms with E-state index in [1.165, 1.54) is 0 Å². The van der Waals surface area contributed by atoms with E-state index in [1.54, 1.807) is 0 Å². The first kappa shape index (κ1) is 9.87. The molecule has 0 aliphatic heterocycles. The van der Waals surface area contributed by atoms with Crippen molar-refractivity contribution in [3.8, 4) is 0 Å². The van der Waals surface area contributed by atoms with Gasteiger partial charge in [0, 0.05) is 6.42 Å². The molecule has 0 fully saturated rings. The van der Waals surface area contributed by atoms with Crippen LogP contribution in [0.3, 0.4) is 0 Å². The van der Waals surface area contributed by atoms with Crippen LogP contribution in [0.4, 0.5) is 0 Å². The molecule has 2 heteroatoms. The second-order valence-electron chi connectivity index (χ2n) is 3.55. The highest BCUT2D eigenvalue weighted by molar-refractivity contribution is 5.85. The van der Waals surface area contributed by atoms with Crippen molar-refractivity contribution >= 4 is 17.1 Å². The lowest BCUT2D eigenvalue weighted by molar-refractivity contribution is -0.114. The lowest BCUT2D eigenvalue weighted by Gasteiger charge is -2.07. The summed E-state index contributed by atoms with van der Waals surface area (Å²) in [4.78, 5) is 10.4. The molecule has 0 aromatic heterocycles. The van der Waals surface area contributed by atoms with Gasteiger partial charge in [0.05, 0.1) is 0 Å². The highest BCUT2D eigenvalue weighted by atomic mass is 16.3. The van der Waals surface area contributed by atoms with Gasteiger partial charge < -0.3 is 9.90 Å². The van der Waals surface area contributed by atoms with Crippen molar-refractivity contribution in [3.63, 3.8) is 0 Å². The van der Waals surface area contributed by atoms with Crippen molar-refractivity contribution < 1.29 is 9.90 Å². The molecule has 1 atom stereocenters. The third-order valence-corrected chi connectivity index (χ3v) is 2.47. The average Bonchev–Trinajstić information content (AvgIpc) is 2.29. The molecule has 0 bridgehead atoms. The molecule has 0 radical (unpaired) electrons. The fraction of sp³-hybridized carbons (Fsp3) is 0.154. The van der Waals surface area contributed by atoms with E-state index in [2.05, 4.69) is 0 Å². The topological polar surface area (TPSA) is 37.3 Å². The van der Waals surface area contributed by atoms with E-state index in [9.17, 15) is 9.90 Å². The van der Waals surface area contributed by atoms with E-state index >= 15 is 0 Å². The van der Waals surface area contributed by atoms with Crippen molar-refractivity contribution in [2.45, 2.75) is 12.5 Å². The highest BCUT2D eigenvalue weighted by Crippen LogP contribution is 2.19. The predicted molar refractivity (Wildman–Crippen MR) is 59.7 cm³/mol. The SMILES string of the molecule is O=C[C@H](O)Cc1cccc2ccccc12. The second-order valence-corrected chi connectivity index (χ2v) is 3.55. The Balaban J connectivity index is 2.46. The lowest BCUT2D eigenvalue weighted by atomic mass is 10.0. The molecule has 0 saturated heterocycles. The smallest absolute Gasteiger partial charge is 0.148 e. The number of hydrogen-bond donors (Lipinski definition) is 1. The third-order valence-electron chi connectivity index (χ3n) is 2.47. The van der Waals surface area contributed by atoms with Crippen LogP contribution in [0.1, 0.15) is 5.56 Å². The number of carbonyl (C=O) groups is 1. The molecule has 2 aromatic rings. The molecule has 76 valence electrons. The number of aliphatic hydroxyl groups excluding tert-OH is 1. The van der Waals surface area contributed by atoms with Crippen molar-refractivity contribution in [2.75, 3.05) is 0 Å². The monoisotopic (exact) mass is 200 g/mol. The van der Waals surface area contributed by atoms with Gasteiger partial charge in [0.1, 0.15) is 12.4 Å². The van der Waals surface area contributed by atoms with E-state index in [0.717, 1.165) is 16.3 Å². The van der Waals surface area contributed by atoms with Crippen molar-refractivity contribution in [3.05, 3.63) is 48.0 Å². The molecule has 0 spiro atoms. The van der Waals surface area contributed by atoms with Crippen LogP contribution >= 0.6 is 0 Å². The van der Waals surface area contributed by atoms with Gasteiger partial charge in [0.25, 0.3) is 0 Å². The number of aldehydes is 1. The quantitative estimate of drug-likeness (QED) is 0.769. The maximum absolute atomic E-state index is 10.4. The summed E-state index contributed by atoms with van der Waals surface area (Å²) in [5.41, 5.74) is 1.01. The molecule has 0 aliphatic carbocycles. The molecule has 2 rings (SSSR count). The van der Waals surface area contributed by atoms with E-state index in [1.807, 2.05) is 42.5 Å². The minimum atomic E-state index is -0.907. The van der Waals surface area contributed by atoms with Crippen LogP contribution in [0.15, 0.2) is 42.5 Å². The Morgan fingerprint density at radius 3 is 2.67 bits per heavy atom. The molecule has 0 unspecified atom stereocenters. The Morgan fingerprint density at radius 1 is 1.13 bits per heavy atom. The highest BCUT2D eigenvalue weighted by Gasteiger charge is 2.06. The normalized spacial score (nSPS) is 12.6. The van der Waals surface area contributed by atoms with E-state index < -0.39 is 6.10 Å². The number of hydrogen-bond acceptors (Lipinski definition) is 2. The van der Waals surface area contributed by atoms with Crippen molar-refractivity contribution in [1.29, 1.82) is 0 Å². The fourth-order valence-electron chi connectivity index (χ4n) is 1.74. The van der Waals surface area contributed by atoms with Gasteiger partial charge >= 0.3 is 0 Å². The first-order valence-corrected chi connectivity index (χ1v) is 4.91. The standard InChI is InChI=1S/C13H12O2/c14-9-12(15)8-11-6-3-5-10-4-1-2-7-13(10)11/h1-7,9,12,15H,8H2/t12-/m1/s1. The van der Waals surface area contributed by atoms with Gasteiger partial charge in [-0.05, 0) is 16.3 Å². The van der Waals surface area contributed by atoms with Gasteiger partial charge in [-0.2, -0.15) is 0 Å². The van der Waals surface area contributed by atoms with Crippen LogP contribution in [-0.4, -0.2) is 17.5 Å². The predicted octanol–water partition coefficient (Wildman–Crippen LogP) is 1.94. The van der Waals surface area contributed by atoms with Crippen LogP contribution in [-0.2, 0) is 11.2 Å². The van der Waals surface area contributed by atoms with Crippen molar-refractivity contribution in [2.24, 2.45) is 0 Å². The summed E-state index contributed by atoms with van der Waals surface area (Å²) in [5, 5.41) is 11.5. The zero-order valence-corrected chi connectivity index (χ0v) is 8.26. The zero-order chi connectivity index (χ0) is 10.7. The molecule has 0 aliphatic rings. The molecular formula is C13H12O2. The minimum Gasteiger partial charge on any atom is -0.385 e. The molecule has 2 nitrogen and oxygen atoms in total. The summed E-state index contributed by atoms with van der Waals surface area (Å²) in [6.45, 7) is 0. The number of carbonyl (C=O) groups excluding carboxylic acids is 1. The second kappa shape index (κ2) is 4.24. The summed E-state index contributed by atoms with van der Waals surface area (Å²) in [5.74, 6) is 0. The third kappa shape index (κ3) is 2.05. The van der Waals surface area contributed by atoms with Crippen LogP contribution < -0.4 is 0 Å². The molecule has 0 heterocycles. The summed E-state index contributed by atoms with van der Waals surface area (Å²) in [6.07, 6.45) is 0.0444. The summed E-state index contributed by atoms with van der Waals surface area (Å²) in [6, 6.07) is 13.9. The number of fused-ring (bicyclic) bond motifs is 1. The van der Waals surface area contributed by atoms with Crippen molar-refractivity contribution in [1.82, 2.24) is 0 Å². The maximum Gasteiger partial charge on any atom is 0.148 e. The molecule has 2 aromatic carbocycles. The number of rotatable bonds is 3. The summed E-state index contributed by atoms with van der Waals surface area (Å²) in [7, 11) is 0.